The molecule has 2 rings (SSSR count). The van der Waals surface area contributed by atoms with Crippen molar-refractivity contribution in [2.24, 2.45) is 0 Å². The fraction of sp³-hybridized carbons (Fsp3) is 0.517. The zero-order chi connectivity index (χ0) is 26.2. The lowest BCUT2D eigenvalue weighted by atomic mass is 10.1. The molecule has 198 valence electrons. The van der Waals surface area contributed by atoms with Crippen LogP contribution in [0, 0.1) is 0 Å². The Hall–Kier alpha value is -2.08. The molecule has 2 aromatic rings. The molecule has 5 nitrogen and oxygen atoms in total. The maximum atomic E-state index is 12.3. The van der Waals surface area contributed by atoms with Gasteiger partial charge in [-0.15, -0.1) is 5.06 Å². The summed E-state index contributed by atoms with van der Waals surface area (Å²) < 4.78 is 0. The average molecular weight is 536 g/mol. The van der Waals surface area contributed by atoms with Crippen molar-refractivity contribution in [2.45, 2.75) is 97.6 Å². The molecule has 0 fully saturated rings. The molecule has 0 aliphatic carbocycles. The minimum absolute atomic E-state index is 0.0432. The first-order valence-electron chi connectivity index (χ1n) is 13.1. The Morgan fingerprint density at radius 3 is 1.86 bits per heavy atom. The van der Waals surface area contributed by atoms with Gasteiger partial charge in [0, 0.05) is 29.1 Å². The van der Waals surface area contributed by atoms with E-state index in [1.807, 2.05) is 24.3 Å². The van der Waals surface area contributed by atoms with Gasteiger partial charge >= 0.3 is 5.97 Å². The van der Waals surface area contributed by atoms with Crippen molar-refractivity contribution in [3.8, 4) is 0 Å². The van der Waals surface area contributed by atoms with Crippen molar-refractivity contribution in [1.29, 1.82) is 0 Å². The van der Waals surface area contributed by atoms with Gasteiger partial charge in [0.1, 0.15) is 0 Å². The molecule has 36 heavy (non-hydrogen) atoms. The molecule has 1 N–H and O–H groups in total. The molecule has 0 aliphatic rings. The molecule has 0 aromatic heterocycles. The molecule has 0 saturated heterocycles. The monoisotopic (exact) mass is 534 g/mol. The van der Waals surface area contributed by atoms with Gasteiger partial charge in [-0.3, -0.25) is 9.59 Å². The van der Waals surface area contributed by atoms with Gasteiger partial charge in [0.15, 0.2) is 0 Å². The third-order valence-electron chi connectivity index (χ3n) is 5.89. The van der Waals surface area contributed by atoms with E-state index in [0.717, 1.165) is 29.7 Å². The van der Waals surface area contributed by atoms with Crippen LogP contribution in [-0.2, 0) is 27.5 Å². The number of benzene rings is 2. The topological polar surface area (TPSA) is 58.6 Å². The lowest BCUT2D eigenvalue weighted by Gasteiger charge is -2.21. The molecule has 7 heteroatoms. The number of hydrogen-bond donors (Lipinski definition) is 1. The van der Waals surface area contributed by atoms with Crippen LogP contribution in [0.15, 0.2) is 42.5 Å². The van der Waals surface area contributed by atoms with Crippen molar-refractivity contribution in [2.75, 3.05) is 5.32 Å². The van der Waals surface area contributed by atoms with Crippen molar-refractivity contribution in [3.63, 3.8) is 0 Å². The van der Waals surface area contributed by atoms with E-state index in [0.29, 0.717) is 29.6 Å². The highest BCUT2D eigenvalue weighted by molar-refractivity contribution is 6.34. The number of rotatable bonds is 17. The SMILES string of the molecule is CCCCCCCCCCCCC(=O)Nc1ccc(CN(Cc2cc(Cl)cc(Cl)c2)OC(C)=O)cc1. The van der Waals surface area contributed by atoms with Crippen LogP contribution in [-0.4, -0.2) is 16.9 Å². The van der Waals surface area contributed by atoms with E-state index in [9.17, 15) is 9.59 Å². The Morgan fingerprint density at radius 1 is 0.778 bits per heavy atom. The van der Waals surface area contributed by atoms with Gasteiger partial charge in [-0.05, 0) is 47.9 Å². The molecule has 0 heterocycles. The van der Waals surface area contributed by atoms with Crippen molar-refractivity contribution in [1.82, 2.24) is 5.06 Å². The third kappa shape index (κ3) is 13.3. The van der Waals surface area contributed by atoms with Crippen LogP contribution in [0.1, 0.15) is 95.6 Å². The summed E-state index contributed by atoms with van der Waals surface area (Å²) in [6.45, 7) is 4.34. The van der Waals surface area contributed by atoms with Crippen LogP contribution in [0.4, 0.5) is 5.69 Å². The molecule has 0 atom stereocenters. The molecule has 0 saturated carbocycles. The van der Waals surface area contributed by atoms with Crippen molar-refractivity contribution in [3.05, 3.63) is 63.6 Å². The van der Waals surface area contributed by atoms with Gasteiger partial charge < -0.3 is 10.2 Å². The molecule has 1 amide bonds. The zero-order valence-corrected chi connectivity index (χ0v) is 23.2. The standard InChI is InChI=1S/C29H40Cl2N2O3/c1-3-4-5-6-7-8-9-10-11-12-13-29(35)32-28-16-14-24(15-17-28)21-33(36-23(2)34)22-25-18-26(30)20-27(31)19-25/h14-20H,3-13,21-22H2,1-2H3,(H,32,35). The van der Waals surface area contributed by atoms with E-state index < -0.39 is 5.97 Å². The fourth-order valence-electron chi connectivity index (χ4n) is 4.10. The molecule has 0 spiro atoms. The third-order valence-corrected chi connectivity index (χ3v) is 6.33. The zero-order valence-electron chi connectivity index (χ0n) is 21.7. The Morgan fingerprint density at radius 2 is 1.31 bits per heavy atom. The quantitative estimate of drug-likeness (QED) is 0.163. The smallest absolute Gasteiger partial charge is 0.322 e. The largest absolute Gasteiger partial charge is 0.368 e. The summed E-state index contributed by atoms with van der Waals surface area (Å²) in [4.78, 5) is 29.3. The molecule has 0 aliphatic heterocycles. The highest BCUT2D eigenvalue weighted by Gasteiger charge is 2.12. The second-order valence-corrected chi connectivity index (χ2v) is 10.2. The first-order chi connectivity index (χ1) is 17.4. The molecule has 2 aromatic carbocycles. The number of anilines is 1. The second-order valence-electron chi connectivity index (χ2n) is 9.34. The number of nitrogens with zero attached hydrogens (tertiary/aromatic N) is 1. The second kappa shape index (κ2) is 17.4. The summed E-state index contributed by atoms with van der Waals surface area (Å²) in [6, 6.07) is 12.8. The Bertz CT molecular complexity index is 914. The van der Waals surface area contributed by atoms with Gasteiger partial charge in [-0.2, -0.15) is 0 Å². The summed E-state index contributed by atoms with van der Waals surface area (Å²) in [5.74, 6) is -0.360. The Labute approximate surface area is 226 Å². The van der Waals surface area contributed by atoms with Crippen LogP contribution >= 0.6 is 23.2 Å². The average Bonchev–Trinajstić information content (AvgIpc) is 2.80. The van der Waals surface area contributed by atoms with Gasteiger partial charge in [-0.1, -0.05) is 100 Å². The molecular weight excluding hydrogens is 495 g/mol. The summed E-state index contributed by atoms with van der Waals surface area (Å²) >= 11 is 12.2. The number of amides is 1. The Balaban J connectivity index is 1.72. The van der Waals surface area contributed by atoms with E-state index >= 15 is 0 Å². The number of nitrogens with one attached hydrogen (secondary N) is 1. The first-order valence-corrected chi connectivity index (χ1v) is 13.9. The highest BCUT2D eigenvalue weighted by atomic mass is 35.5. The fourth-order valence-corrected chi connectivity index (χ4v) is 4.67. The summed E-state index contributed by atoms with van der Waals surface area (Å²) in [5.41, 5.74) is 2.54. The first kappa shape index (κ1) is 30.1. The predicted octanol–water partition coefficient (Wildman–Crippen LogP) is 8.72. The van der Waals surface area contributed by atoms with Gasteiger partial charge in [0.2, 0.25) is 5.91 Å². The Kier molecular flexibility index (Phi) is 14.6. The van der Waals surface area contributed by atoms with Crippen LogP contribution in [0.3, 0.4) is 0 Å². The minimum Gasteiger partial charge on any atom is -0.368 e. The number of halogens is 2. The van der Waals surface area contributed by atoms with Crippen LogP contribution in [0.25, 0.3) is 0 Å². The number of hydroxylamine groups is 2. The molecule has 0 unspecified atom stereocenters. The number of carbonyl (C=O) groups excluding carboxylic acids is 2. The van der Waals surface area contributed by atoms with Gasteiger partial charge in [-0.25, -0.2) is 0 Å². The summed E-state index contributed by atoms with van der Waals surface area (Å²) in [7, 11) is 0. The molecule has 0 radical (unpaired) electrons. The van der Waals surface area contributed by atoms with Crippen molar-refractivity contribution < 1.29 is 14.4 Å². The molecular formula is C29H40Cl2N2O3. The normalized spacial score (nSPS) is 11.0. The molecule has 0 bridgehead atoms. The predicted molar refractivity (Wildman–Crippen MR) is 149 cm³/mol. The maximum Gasteiger partial charge on any atom is 0.322 e. The van der Waals surface area contributed by atoms with E-state index in [-0.39, 0.29) is 5.91 Å². The van der Waals surface area contributed by atoms with Crippen LogP contribution < -0.4 is 5.32 Å². The summed E-state index contributed by atoms with van der Waals surface area (Å²) in [5, 5.41) is 5.58. The highest BCUT2D eigenvalue weighted by Crippen LogP contribution is 2.21. The lowest BCUT2D eigenvalue weighted by Crippen LogP contribution is -2.25. The number of unbranched alkanes of at least 4 members (excludes halogenated alkanes) is 9. The number of hydrogen-bond acceptors (Lipinski definition) is 4. The van der Waals surface area contributed by atoms with E-state index in [1.54, 1.807) is 23.3 Å². The van der Waals surface area contributed by atoms with E-state index in [1.165, 1.54) is 58.3 Å². The van der Waals surface area contributed by atoms with Crippen molar-refractivity contribution >= 4 is 40.8 Å². The lowest BCUT2D eigenvalue weighted by molar-refractivity contribution is -0.194. The van der Waals surface area contributed by atoms with E-state index in [4.69, 9.17) is 28.0 Å². The van der Waals surface area contributed by atoms with Gasteiger partial charge in [0.05, 0.1) is 13.1 Å². The maximum absolute atomic E-state index is 12.3. The van der Waals surface area contributed by atoms with Crippen LogP contribution in [0.2, 0.25) is 10.0 Å². The number of carbonyl (C=O) groups is 2. The van der Waals surface area contributed by atoms with E-state index in [2.05, 4.69) is 12.2 Å². The van der Waals surface area contributed by atoms with Crippen LogP contribution in [0.5, 0.6) is 0 Å². The summed E-state index contributed by atoms with van der Waals surface area (Å²) in [6.07, 6.45) is 13.0. The minimum atomic E-state index is -0.404. The van der Waals surface area contributed by atoms with Gasteiger partial charge in [0.25, 0.3) is 0 Å².